The molecule has 0 unspecified atom stereocenters. The highest BCUT2D eigenvalue weighted by molar-refractivity contribution is 5.95. The van der Waals surface area contributed by atoms with E-state index < -0.39 is 0 Å². The molecular formula is C12H18N2O3. The number of nitrogens with one attached hydrogen (secondary N) is 1. The molecular weight excluding hydrogens is 220 g/mol. The minimum Gasteiger partial charge on any atom is -0.377 e. The number of methoxy groups -OCH3 is 1. The van der Waals surface area contributed by atoms with Gasteiger partial charge in [-0.1, -0.05) is 0 Å². The third kappa shape index (κ3) is 2.35. The summed E-state index contributed by atoms with van der Waals surface area (Å²) < 4.78 is 12.5. The summed E-state index contributed by atoms with van der Waals surface area (Å²) in [6, 6.07) is 1.76. The molecule has 2 heterocycles. The van der Waals surface area contributed by atoms with E-state index >= 15 is 0 Å². The fourth-order valence-electron chi connectivity index (χ4n) is 2.00. The third-order valence-electron chi connectivity index (χ3n) is 3.28. The number of amides is 1. The predicted molar refractivity (Wildman–Crippen MR) is 63.0 cm³/mol. The second-order valence-electron chi connectivity index (χ2n) is 4.32. The van der Waals surface area contributed by atoms with E-state index in [1.807, 2.05) is 30.8 Å². The lowest BCUT2D eigenvalue weighted by Crippen LogP contribution is -2.43. The first-order valence-electron chi connectivity index (χ1n) is 5.66. The van der Waals surface area contributed by atoms with Gasteiger partial charge in [0.15, 0.2) is 0 Å². The molecule has 0 saturated carbocycles. The number of carbonyl (C=O) groups is 1. The van der Waals surface area contributed by atoms with Gasteiger partial charge in [0.2, 0.25) is 0 Å². The molecule has 0 aromatic carbocycles. The Bertz CT molecular complexity index is 414. The van der Waals surface area contributed by atoms with Gasteiger partial charge in [-0.25, -0.2) is 0 Å². The number of hydrogen-bond acceptors (Lipinski definition) is 3. The molecule has 0 spiro atoms. The predicted octanol–water partition coefficient (Wildman–Crippen LogP) is 0.477. The monoisotopic (exact) mass is 238 g/mol. The van der Waals surface area contributed by atoms with Crippen molar-refractivity contribution < 1.29 is 14.3 Å². The van der Waals surface area contributed by atoms with Gasteiger partial charge in [0, 0.05) is 26.0 Å². The summed E-state index contributed by atoms with van der Waals surface area (Å²) in [7, 11) is 3.55. The highest BCUT2D eigenvalue weighted by Gasteiger charge is 2.30. The van der Waals surface area contributed by atoms with E-state index in [9.17, 15) is 4.79 Å². The molecule has 1 aliphatic rings. The topological polar surface area (TPSA) is 52.5 Å². The van der Waals surface area contributed by atoms with Crippen LogP contribution in [0.1, 0.15) is 16.1 Å². The minimum absolute atomic E-state index is 0.0528. The highest BCUT2D eigenvalue weighted by atomic mass is 16.5. The van der Waals surface area contributed by atoms with E-state index in [4.69, 9.17) is 9.47 Å². The maximum absolute atomic E-state index is 12.1. The summed E-state index contributed by atoms with van der Waals surface area (Å²) >= 11 is 0. The molecule has 0 aliphatic carbocycles. The number of carbonyl (C=O) groups excluding carboxylic acids is 1. The van der Waals surface area contributed by atoms with Crippen LogP contribution in [0.2, 0.25) is 0 Å². The number of aryl methyl sites for hydroxylation is 1. The normalized spacial score (nSPS) is 23.9. The Labute approximate surface area is 101 Å². The van der Waals surface area contributed by atoms with Crippen LogP contribution in [-0.2, 0) is 16.5 Å². The Morgan fingerprint density at radius 3 is 2.94 bits per heavy atom. The van der Waals surface area contributed by atoms with Gasteiger partial charge in [-0.3, -0.25) is 4.79 Å². The van der Waals surface area contributed by atoms with Gasteiger partial charge >= 0.3 is 0 Å². The number of aromatic nitrogens is 1. The van der Waals surface area contributed by atoms with Gasteiger partial charge in [-0.2, -0.15) is 0 Å². The zero-order chi connectivity index (χ0) is 12.4. The van der Waals surface area contributed by atoms with Crippen molar-refractivity contribution in [1.82, 2.24) is 9.88 Å². The Morgan fingerprint density at radius 1 is 1.59 bits per heavy atom. The van der Waals surface area contributed by atoms with E-state index in [-0.39, 0.29) is 18.1 Å². The van der Waals surface area contributed by atoms with Crippen molar-refractivity contribution in [2.24, 2.45) is 7.05 Å². The molecule has 1 aromatic rings. The van der Waals surface area contributed by atoms with Crippen molar-refractivity contribution in [1.29, 1.82) is 0 Å². The second kappa shape index (κ2) is 4.89. The molecule has 2 rings (SSSR count). The van der Waals surface area contributed by atoms with Crippen LogP contribution in [0.25, 0.3) is 0 Å². The summed E-state index contributed by atoms with van der Waals surface area (Å²) in [6.45, 7) is 2.97. The van der Waals surface area contributed by atoms with Gasteiger partial charge in [-0.15, -0.1) is 0 Å². The van der Waals surface area contributed by atoms with Crippen molar-refractivity contribution in [3.63, 3.8) is 0 Å². The maximum atomic E-state index is 12.1. The summed E-state index contributed by atoms with van der Waals surface area (Å²) in [5.41, 5.74) is 1.66. The zero-order valence-electron chi connectivity index (χ0n) is 10.4. The van der Waals surface area contributed by atoms with Crippen molar-refractivity contribution in [2.45, 2.75) is 19.1 Å². The van der Waals surface area contributed by atoms with Gasteiger partial charge in [0.1, 0.15) is 6.10 Å². The van der Waals surface area contributed by atoms with E-state index in [1.54, 1.807) is 7.11 Å². The molecule has 5 nitrogen and oxygen atoms in total. The second-order valence-corrected chi connectivity index (χ2v) is 4.32. The fraction of sp³-hybridized carbons (Fsp3) is 0.583. The van der Waals surface area contributed by atoms with Crippen molar-refractivity contribution >= 4 is 5.91 Å². The number of hydrogen-bond donors (Lipinski definition) is 1. The molecule has 1 amide bonds. The Morgan fingerprint density at radius 2 is 2.35 bits per heavy atom. The molecule has 0 radical (unpaired) electrons. The van der Waals surface area contributed by atoms with Crippen LogP contribution in [0.5, 0.6) is 0 Å². The standard InChI is InChI=1S/C12H18N2O3/c1-8-9(4-5-14(8)2)12(15)13-10-6-17-7-11(10)16-3/h4-5,10-11H,6-7H2,1-3H3,(H,13,15)/t10-,11-/m0/s1. The quantitative estimate of drug-likeness (QED) is 0.833. The Balaban J connectivity index is 2.04. The van der Waals surface area contributed by atoms with Crippen LogP contribution in [0.4, 0.5) is 0 Å². The van der Waals surface area contributed by atoms with Gasteiger partial charge in [0.25, 0.3) is 5.91 Å². The highest BCUT2D eigenvalue weighted by Crippen LogP contribution is 2.12. The summed E-state index contributed by atoms with van der Waals surface area (Å²) in [5.74, 6) is -0.0688. The summed E-state index contributed by atoms with van der Waals surface area (Å²) in [5, 5.41) is 2.95. The number of nitrogens with zero attached hydrogens (tertiary/aromatic N) is 1. The molecule has 1 N–H and O–H groups in total. The number of ether oxygens (including phenoxy) is 2. The fourth-order valence-corrected chi connectivity index (χ4v) is 2.00. The van der Waals surface area contributed by atoms with Crippen LogP contribution < -0.4 is 5.32 Å². The number of rotatable bonds is 3. The maximum Gasteiger partial charge on any atom is 0.253 e. The summed E-state index contributed by atoms with van der Waals surface area (Å²) in [4.78, 5) is 12.1. The van der Waals surface area contributed by atoms with Crippen molar-refractivity contribution in [2.75, 3.05) is 20.3 Å². The van der Waals surface area contributed by atoms with E-state index in [1.165, 1.54) is 0 Å². The van der Waals surface area contributed by atoms with Crippen LogP contribution in [0, 0.1) is 6.92 Å². The lowest BCUT2D eigenvalue weighted by Gasteiger charge is -2.17. The van der Waals surface area contributed by atoms with E-state index in [0.717, 1.165) is 5.69 Å². The Kier molecular flexibility index (Phi) is 3.49. The smallest absolute Gasteiger partial charge is 0.253 e. The van der Waals surface area contributed by atoms with E-state index in [2.05, 4.69) is 5.32 Å². The molecule has 0 bridgehead atoms. The van der Waals surface area contributed by atoms with Crippen molar-refractivity contribution in [3.8, 4) is 0 Å². The summed E-state index contributed by atoms with van der Waals surface area (Å²) in [6.07, 6.45) is 1.83. The van der Waals surface area contributed by atoms with Crippen LogP contribution in [0.3, 0.4) is 0 Å². The minimum atomic E-state index is -0.0688. The first kappa shape index (κ1) is 12.1. The van der Waals surface area contributed by atoms with Gasteiger partial charge < -0.3 is 19.4 Å². The van der Waals surface area contributed by atoms with Crippen LogP contribution in [-0.4, -0.2) is 42.9 Å². The van der Waals surface area contributed by atoms with Crippen LogP contribution >= 0.6 is 0 Å². The lowest BCUT2D eigenvalue weighted by molar-refractivity contribution is 0.0685. The molecule has 17 heavy (non-hydrogen) atoms. The lowest BCUT2D eigenvalue weighted by atomic mass is 10.2. The van der Waals surface area contributed by atoms with Gasteiger partial charge in [0.05, 0.1) is 24.8 Å². The van der Waals surface area contributed by atoms with E-state index in [0.29, 0.717) is 18.8 Å². The molecule has 2 atom stereocenters. The molecule has 94 valence electrons. The molecule has 1 fully saturated rings. The average molecular weight is 238 g/mol. The SMILES string of the molecule is CO[C@H]1COC[C@@H]1NC(=O)c1ccn(C)c1C. The van der Waals surface area contributed by atoms with Gasteiger partial charge in [-0.05, 0) is 13.0 Å². The molecule has 5 heteroatoms. The first-order chi connectivity index (χ1) is 8.13. The van der Waals surface area contributed by atoms with Crippen LogP contribution in [0.15, 0.2) is 12.3 Å². The largest absolute Gasteiger partial charge is 0.377 e. The van der Waals surface area contributed by atoms with Crippen molar-refractivity contribution in [3.05, 3.63) is 23.5 Å². The third-order valence-corrected chi connectivity index (χ3v) is 3.28. The molecule has 1 aromatic heterocycles. The zero-order valence-corrected chi connectivity index (χ0v) is 10.4. The molecule has 1 saturated heterocycles. The Hall–Kier alpha value is -1.33. The average Bonchev–Trinajstić information content (AvgIpc) is 2.87. The first-order valence-corrected chi connectivity index (χ1v) is 5.66. The molecule has 1 aliphatic heterocycles.